The number of sulfonamides is 2. The summed E-state index contributed by atoms with van der Waals surface area (Å²) in [5, 5.41) is 6.89. The van der Waals surface area contributed by atoms with E-state index in [1.807, 2.05) is 0 Å². The van der Waals surface area contributed by atoms with Crippen LogP contribution in [0, 0.1) is 5.82 Å². The maximum absolute atomic E-state index is 13.2. The molecule has 8 nitrogen and oxygen atoms in total. The predicted octanol–water partition coefficient (Wildman–Crippen LogP) is 3.52. The van der Waals surface area contributed by atoms with Crippen LogP contribution in [-0.2, 0) is 20.0 Å². The van der Waals surface area contributed by atoms with E-state index in [1.54, 1.807) is 0 Å². The van der Waals surface area contributed by atoms with E-state index in [9.17, 15) is 21.2 Å². The molecule has 0 bridgehead atoms. The third-order valence-corrected chi connectivity index (χ3v) is 6.73. The van der Waals surface area contributed by atoms with E-state index < -0.39 is 25.9 Å². The molecule has 2 N–H and O–H groups in total. The Kier molecular flexibility index (Phi) is 5.94. The van der Waals surface area contributed by atoms with Gasteiger partial charge in [-0.1, -0.05) is 23.2 Å². The van der Waals surface area contributed by atoms with E-state index in [-0.39, 0.29) is 31.5 Å². The second-order valence-electron chi connectivity index (χ2n) is 5.55. The highest BCUT2D eigenvalue weighted by atomic mass is 35.5. The lowest BCUT2D eigenvalue weighted by Crippen LogP contribution is -2.15. The molecule has 0 aliphatic carbocycles. The average molecular weight is 477 g/mol. The molecule has 0 unspecified atom stereocenters. The van der Waals surface area contributed by atoms with Gasteiger partial charge in [0.2, 0.25) is 0 Å². The Morgan fingerprint density at radius 3 is 1.97 bits per heavy atom. The summed E-state index contributed by atoms with van der Waals surface area (Å²) in [6.07, 6.45) is 0. The summed E-state index contributed by atoms with van der Waals surface area (Å²) in [6, 6.07) is 10.6. The van der Waals surface area contributed by atoms with Crippen molar-refractivity contribution in [1.29, 1.82) is 0 Å². The van der Waals surface area contributed by atoms with Crippen LogP contribution in [0.4, 0.5) is 15.9 Å². The number of rotatable bonds is 6. The van der Waals surface area contributed by atoms with Gasteiger partial charge in [-0.2, -0.15) is 0 Å². The summed E-state index contributed by atoms with van der Waals surface area (Å²) in [5.41, 5.74) is 0.0932. The Morgan fingerprint density at radius 2 is 1.38 bits per heavy atom. The van der Waals surface area contributed by atoms with Gasteiger partial charge in [0.25, 0.3) is 20.0 Å². The predicted molar refractivity (Wildman–Crippen MR) is 107 cm³/mol. The van der Waals surface area contributed by atoms with Crippen LogP contribution in [0.3, 0.4) is 0 Å². The molecule has 3 rings (SSSR count). The summed E-state index contributed by atoms with van der Waals surface area (Å²) in [5.74, 6) is -0.787. The van der Waals surface area contributed by atoms with Gasteiger partial charge in [-0.05, 0) is 54.6 Å². The van der Waals surface area contributed by atoms with E-state index >= 15 is 0 Å². The molecule has 152 valence electrons. The van der Waals surface area contributed by atoms with Gasteiger partial charge in [0.1, 0.15) is 5.82 Å². The van der Waals surface area contributed by atoms with Crippen LogP contribution in [0.15, 0.2) is 64.4 Å². The normalized spacial score (nSPS) is 11.8. The van der Waals surface area contributed by atoms with Gasteiger partial charge in [-0.3, -0.25) is 9.44 Å². The Balaban J connectivity index is 1.78. The molecule has 0 amide bonds. The van der Waals surface area contributed by atoms with Crippen molar-refractivity contribution < 1.29 is 21.2 Å². The summed E-state index contributed by atoms with van der Waals surface area (Å²) >= 11 is 11.2. The van der Waals surface area contributed by atoms with Crippen LogP contribution in [0.2, 0.25) is 10.2 Å². The largest absolute Gasteiger partial charge is 0.280 e. The molecule has 1 aromatic heterocycles. The highest BCUT2D eigenvalue weighted by Crippen LogP contribution is 2.23. The SMILES string of the molecule is O=S(=O)(Nc1ccc(S(=O)(=O)Nc2ccc(Cl)nn2)cc1)c1ccc(F)c(Cl)c1. The van der Waals surface area contributed by atoms with Crippen molar-refractivity contribution in [2.75, 3.05) is 9.44 Å². The monoisotopic (exact) mass is 476 g/mol. The van der Waals surface area contributed by atoms with Gasteiger partial charge in [0.05, 0.1) is 14.8 Å². The highest BCUT2D eigenvalue weighted by molar-refractivity contribution is 7.93. The van der Waals surface area contributed by atoms with E-state index in [0.29, 0.717) is 0 Å². The summed E-state index contributed by atoms with van der Waals surface area (Å²) < 4.78 is 67.2. The molecular weight excluding hydrogens is 466 g/mol. The number of nitrogens with zero attached hydrogens (tertiary/aromatic N) is 2. The second kappa shape index (κ2) is 8.11. The topological polar surface area (TPSA) is 118 Å². The van der Waals surface area contributed by atoms with Crippen molar-refractivity contribution in [2.45, 2.75) is 9.79 Å². The quantitative estimate of drug-likeness (QED) is 0.561. The van der Waals surface area contributed by atoms with Gasteiger partial charge >= 0.3 is 0 Å². The smallest absolute Gasteiger partial charge is 0.263 e. The molecule has 2 aromatic carbocycles. The van der Waals surface area contributed by atoms with Gasteiger partial charge in [0.15, 0.2) is 11.0 Å². The summed E-state index contributed by atoms with van der Waals surface area (Å²) in [6.45, 7) is 0. The molecule has 0 atom stereocenters. The number of hydrogen-bond donors (Lipinski definition) is 2. The number of aromatic nitrogens is 2. The fourth-order valence-corrected chi connectivity index (χ4v) is 4.55. The number of hydrogen-bond acceptors (Lipinski definition) is 6. The van der Waals surface area contributed by atoms with Gasteiger partial charge in [-0.25, -0.2) is 21.2 Å². The van der Waals surface area contributed by atoms with Crippen molar-refractivity contribution in [3.63, 3.8) is 0 Å². The Bertz CT molecular complexity index is 1250. The first-order valence-electron chi connectivity index (χ1n) is 7.67. The maximum Gasteiger partial charge on any atom is 0.263 e. The lowest BCUT2D eigenvalue weighted by Gasteiger charge is -2.10. The van der Waals surface area contributed by atoms with Crippen molar-refractivity contribution in [3.8, 4) is 0 Å². The molecule has 13 heteroatoms. The minimum absolute atomic E-state index is 0.0348. The number of halogens is 3. The van der Waals surface area contributed by atoms with Crippen LogP contribution < -0.4 is 9.44 Å². The van der Waals surface area contributed by atoms with Crippen LogP contribution >= 0.6 is 23.2 Å². The molecule has 0 saturated carbocycles. The lowest BCUT2D eigenvalue weighted by molar-refractivity contribution is 0.599. The fourth-order valence-electron chi connectivity index (χ4n) is 2.13. The molecular formula is C16H11Cl2FN4O4S2. The molecule has 3 aromatic rings. The third kappa shape index (κ3) is 5.12. The van der Waals surface area contributed by atoms with Crippen molar-refractivity contribution in [1.82, 2.24) is 10.2 Å². The fraction of sp³-hybridized carbons (Fsp3) is 0. The first kappa shape index (κ1) is 21.2. The van der Waals surface area contributed by atoms with Crippen LogP contribution in [0.1, 0.15) is 0 Å². The Morgan fingerprint density at radius 1 is 0.759 bits per heavy atom. The maximum atomic E-state index is 13.2. The molecule has 1 heterocycles. The zero-order valence-electron chi connectivity index (χ0n) is 14.2. The first-order valence-corrected chi connectivity index (χ1v) is 11.4. The van der Waals surface area contributed by atoms with Crippen LogP contribution in [0.5, 0.6) is 0 Å². The summed E-state index contributed by atoms with van der Waals surface area (Å²) in [4.78, 5) is -0.384. The van der Waals surface area contributed by atoms with Crippen molar-refractivity contribution >= 4 is 54.8 Å². The van der Waals surface area contributed by atoms with E-state index in [0.717, 1.165) is 18.2 Å². The number of nitrogens with one attached hydrogen (secondary N) is 2. The van der Waals surface area contributed by atoms with Gasteiger partial charge in [-0.15, -0.1) is 10.2 Å². The number of anilines is 2. The molecule has 0 fully saturated rings. The second-order valence-corrected chi connectivity index (χ2v) is 9.71. The molecule has 0 radical (unpaired) electrons. The molecule has 0 spiro atoms. The molecule has 0 saturated heterocycles. The minimum atomic E-state index is -4.05. The lowest BCUT2D eigenvalue weighted by atomic mass is 10.3. The van der Waals surface area contributed by atoms with E-state index in [1.165, 1.54) is 36.4 Å². The molecule has 0 aliphatic heterocycles. The summed E-state index contributed by atoms with van der Waals surface area (Å²) in [7, 11) is -8.03. The van der Waals surface area contributed by atoms with E-state index in [4.69, 9.17) is 23.2 Å². The van der Waals surface area contributed by atoms with Crippen LogP contribution in [0.25, 0.3) is 0 Å². The van der Waals surface area contributed by atoms with Crippen LogP contribution in [-0.4, -0.2) is 27.0 Å². The average Bonchev–Trinajstić information content (AvgIpc) is 2.66. The zero-order chi connectivity index (χ0) is 21.2. The molecule has 29 heavy (non-hydrogen) atoms. The highest BCUT2D eigenvalue weighted by Gasteiger charge is 2.18. The third-order valence-electron chi connectivity index (χ3n) is 3.49. The zero-order valence-corrected chi connectivity index (χ0v) is 17.3. The van der Waals surface area contributed by atoms with Crippen molar-refractivity contribution in [2.24, 2.45) is 0 Å². The van der Waals surface area contributed by atoms with Gasteiger partial charge < -0.3 is 0 Å². The standard InChI is InChI=1S/C16H11Cl2FN4O4S2/c17-13-9-12(5-6-14(13)19)29(26,27)22-10-1-3-11(4-2-10)28(24,25)23-16-8-7-15(18)20-21-16/h1-9,22H,(H,21,23). The first-order chi connectivity index (χ1) is 13.6. The number of benzene rings is 2. The molecule has 0 aliphatic rings. The van der Waals surface area contributed by atoms with Gasteiger partial charge in [0, 0.05) is 5.69 Å². The van der Waals surface area contributed by atoms with Crippen molar-refractivity contribution in [3.05, 3.63) is 70.6 Å². The Hall–Kier alpha value is -2.47. The van der Waals surface area contributed by atoms with E-state index in [2.05, 4.69) is 19.6 Å². The Labute approximate surface area is 175 Å². The minimum Gasteiger partial charge on any atom is -0.280 e.